The van der Waals surface area contributed by atoms with Gasteiger partial charge in [-0.05, 0) is 19.1 Å². The predicted molar refractivity (Wildman–Crippen MR) is 75.5 cm³/mol. The molecule has 0 spiro atoms. The van der Waals surface area contributed by atoms with Gasteiger partial charge in [0.05, 0.1) is 13.2 Å². The highest BCUT2D eigenvalue weighted by Crippen LogP contribution is 2.24. The Balaban J connectivity index is 1.92. The van der Waals surface area contributed by atoms with Gasteiger partial charge in [-0.1, -0.05) is 6.07 Å². The van der Waals surface area contributed by atoms with Crippen molar-refractivity contribution in [2.45, 2.75) is 13.3 Å². The van der Waals surface area contributed by atoms with Crippen molar-refractivity contribution >= 4 is 5.69 Å². The highest BCUT2D eigenvalue weighted by Gasteiger charge is 2.01. The number of hydrogen-bond donors (Lipinski definition) is 1. The third-order valence-corrected chi connectivity index (χ3v) is 2.57. The lowest BCUT2D eigenvalue weighted by molar-refractivity contribution is 0.311. The van der Waals surface area contributed by atoms with Crippen LogP contribution in [-0.4, -0.2) is 18.2 Å². The zero-order valence-corrected chi connectivity index (χ0v) is 11.0. The molecule has 4 nitrogen and oxygen atoms in total. The van der Waals surface area contributed by atoms with E-state index in [-0.39, 0.29) is 0 Å². The van der Waals surface area contributed by atoms with Crippen molar-refractivity contribution < 1.29 is 9.47 Å². The van der Waals surface area contributed by atoms with Crippen molar-refractivity contribution in [1.29, 1.82) is 0 Å². The molecule has 1 heterocycles. The molecule has 0 saturated carbocycles. The third-order valence-electron chi connectivity index (χ3n) is 2.57. The van der Waals surface area contributed by atoms with E-state index in [1.165, 1.54) is 0 Å². The maximum atomic E-state index is 5.80. The van der Waals surface area contributed by atoms with Gasteiger partial charge in [-0.3, -0.25) is 4.98 Å². The number of nitrogen functional groups attached to an aromatic ring is 1. The van der Waals surface area contributed by atoms with E-state index in [1.54, 1.807) is 18.3 Å². The molecule has 0 saturated heterocycles. The fraction of sp³-hybridized carbons (Fsp3) is 0.267. The maximum absolute atomic E-state index is 5.80. The van der Waals surface area contributed by atoms with Crippen LogP contribution < -0.4 is 15.2 Å². The van der Waals surface area contributed by atoms with Crippen molar-refractivity contribution in [3.63, 3.8) is 0 Å². The number of hydrogen-bond acceptors (Lipinski definition) is 4. The second-order valence-corrected chi connectivity index (χ2v) is 4.09. The van der Waals surface area contributed by atoms with E-state index in [0.29, 0.717) is 18.9 Å². The average molecular weight is 258 g/mol. The number of nitrogens with two attached hydrogens (primary N) is 1. The minimum atomic E-state index is 0.562. The summed E-state index contributed by atoms with van der Waals surface area (Å²) in [6.07, 6.45) is 2.54. The van der Waals surface area contributed by atoms with Crippen LogP contribution in [-0.2, 0) is 6.42 Å². The fourth-order valence-corrected chi connectivity index (χ4v) is 1.75. The van der Waals surface area contributed by atoms with Crippen molar-refractivity contribution in [2.24, 2.45) is 0 Å². The molecule has 1 aromatic heterocycles. The maximum Gasteiger partial charge on any atom is 0.125 e. The van der Waals surface area contributed by atoms with Crippen LogP contribution in [0.3, 0.4) is 0 Å². The van der Waals surface area contributed by atoms with Crippen molar-refractivity contribution in [2.75, 3.05) is 18.9 Å². The number of rotatable bonds is 6. The first-order valence-corrected chi connectivity index (χ1v) is 6.34. The topological polar surface area (TPSA) is 57.4 Å². The van der Waals surface area contributed by atoms with Gasteiger partial charge in [-0.25, -0.2) is 0 Å². The van der Waals surface area contributed by atoms with Gasteiger partial charge in [-0.2, -0.15) is 0 Å². The normalized spacial score (nSPS) is 10.2. The highest BCUT2D eigenvalue weighted by atomic mass is 16.5. The van der Waals surface area contributed by atoms with Gasteiger partial charge in [0.1, 0.15) is 11.5 Å². The Labute approximate surface area is 113 Å². The fourth-order valence-electron chi connectivity index (χ4n) is 1.75. The zero-order chi connectivity index (χ0) is 13.5. The van der Waals surface area contributed by atoms with Gasteiger partial charge >= 0.3 is 0 Å². The Bertz CT molecular complexity index is 515. The lowest BCUT2D eigenvalue weighted by atomic mass is 10.2. The van der Waals surface area contributed by atoms with Crippen LogP contribution in [0.25, 0.3) is 0 Å². The molecule has 0 radical (unpaired) electrons. The summed E-state index contributed by atoms with van der Waals surface area (Å²) in [5.41, 5.74) is 7.45. The van der Waals surface area contributed by atoms with Gasteiger partial charge in [0, 0.05) is 42.2 Å². The van der Waals surface area contributed by atoms with E-state index in [0.717, 1.165) is 23.6 Å². The summed E-state index contributed by atoms with van der Waals surface area (Å²) in [6.45, 7) is 3.10. The molecular weight excluding hydrogens is 240 g/mol. The molecule has 0 aliphatic carbocycles. The molecule has 0 atom stereocenters. The van der Waals surface area contributed by atoms with E-state index >= 15 is 0 Å². The van der Waals surface area contributed by atoms with Gasteiger partial charge in [0.15, 0.2) is 0 Å². The summed E-state index contributed by atoms with van der Waals surface area (Å²) in [6, 6.07) is 11.3. The standard InChI is InChI=1S/C15H18N2O2/c1-2-18-14-9-12(16)10-15(11-14)19-8-6-13-5-3-4-7-17-13/h3-5,7,9-11H,2,6,8,16H2,1H3. The molecule has 2 aromatic rings. The lowest BCUT2D eigenvalue weighted by Gasteiger charge is -2.09. The molecule has 0 aliphatic heterocycles. The van der Waals surface area contributed by atoms with Gasteiger partial charge in [-0.15, -0.1) is 0 Å². The van der Waals surface area contributed by atoms with Crippen LogP contribution in [0, 0.1) is 0 Å². The molecular formula is C15H18N2O2. The van der Waals surface area contributed by atoms with Crippen LogP contribution in [0.5, 0.6) is 11.5 Å². The first kappa shape index (κ1) is 13.2. The van der Waals surface area contributed by atoms with Crippen molar-refractivity contribution in [1.82, 2.24) is 4.98 Å². The SMILES string of the molecule is CCOc1cc(N)cc(OCCc2ccccn2)c1. The zero-order valence-electron chi connectivity index (χ0n) is 11.0. The summed E-state index contributed by atoms with van der Waals surface area (Å²) >= 11 is 0. The molecule has 0 unspecified atom stereocenters. The first-order valence-electron chi connectivity index (χ1n) is 6.34. The molecule has 0 amide bonds. The molecule has 0 fully saturated rings. The second kappa shape index (κ2) is 6.64. The molecule has 4 heteroatoms. The Hall–Kier alpha value is -2.23. The van der Waals surface area contributed by atoms with E-state index in [9.17, 15) is 0 Å². The summed E-state index contributed by atoms with van der Waals surface area (Å²) in [7, 11) is 0. The van der Waals surface area contributed by atoms with Gasteiger partial charge < -0.3 is 15.2 Å². The van der Waals surface area contributed by atoms with Gasteiger partial charge in [0.25, 0.3) is 0 Å². The number of pyridine rings is 1. The smallest absolute Gasteiger partial charge is 0.125 e. The average Bonchev–Trinajstić information content (AvgIpc) is 2.40. The monoisotopic (exact) mass is 258 g/mol. The number of benzene rings is 1. The van der Waals surface area contributed by atoms with E-state index in [1.807, 2.05) is 31.2 Å². The van der Waals surface area contributed by atoms with Crippen LogP contribution >= 0.6 is 0 Å². The van der Waals surface area contributed by atoms with Crippen molar-refractivity contribution in [3.8, 4) is 11.5 Å². The lowest BCUT2D eigenvalue weighted by Crippen LogP contribution is -2.03. The Morgan fingerprint density at radius 1 is 1.11 bits per heavy atom. The Morgan fingerprint density at radius 2 is 1.89 bits per heavy atom. The number of ether oxygens (including phenoxy) is 2. The van der Waals surface area contributed by atoms with Crippen LogP contribution in [0.2, 0.25) is 0 Å². The molecule has 0 bridgehead atoms. The Kier molecular flexibility index (Phi) is 4.61. The number of aromatic nitrogens is 1. The first-order chi connectivity index (χ1) is 9.28. The predicted octanol–water partition coefficient (Wildman–Crippen LogP) is 2.68. The summed E-state index contributed by atoms with van der Waals surface area (Å²) in [5.74, 6) is 1.45. The minimum Gasteiger partial charge on any atom is -0.494 e. The van der Waals surface area contributed by atoms with Crippen LogP contribution in [0.1, 0.15) is 12.6 Å². The molecule has 2 rings (SSSR count). The molecule has 2 N–H and O–H groups in total. The van der Waals surface area contributed by atoms with Gasteiger partial charge in [0.2, 0.25) is 0 Å². The minimum absolute atomic E-state index is 0.562. The summed E-state index contributed by atoms with van der Waals surface area (Å²) in [4.78, 5) is 4.25. The van der Waals surface area contributed by atoms with E-state index in [4.69, 9.17) is 15.2 Å². The number of anilines is 1. The quantitative estimate of drug-likeness (QED) is 0.809. The second-order valence-electron chi connectivity index (χ2n) is 4.09. The van der Waals surface area contributed by atoms with Crippen molar-refractivity contribution in [3.05, 3.63) is 48.3 Å². The Morgan fingerprint density at radius 3 is 2.58 bits per heavy atom. The molecule has 0 aliphatic rings. The number of nitrogens with zero attached hydrogens (tertiary/aromatic N) is 1. The third kappa shape index (κ3) is 4.17. The van der Waals surface area contributed by atoms with E-state index in [2.05, 4.69) is 4.98 Å². The largest absolute Gasteiger partial charge is 0.494 e. The molecule has 100 valence electrons. The highest BCUT2D eigenvalue weighted by molar-refractivity contribution is 5.50. The molecule has 1 aromatic carbocycles. The molecule has 19 heavy (non-hydrogen) atoms. The summed E-state index contributed by atoms with van der Waals surface area (Å²) < 4.78 is 11.1. The summed E-state index contributed by atoms with van der Waals surface area (Å²) in [5, 5.41) is 0. The van der Waals surface area contributed by atoms with Crippen LogP contribution in [0.15, 0.2) is 42.6 Å². The van der Waals surface area contributed by atoms with E-state index < -0.39 is 0 Å². The van der Waals surface area contributed by atoms with Crippen LogP contribution in [0.4, 0.5) is 5.69 Å².